The highest BCUT2D eigenvalue weighted by Crippen LogP contribution is 2.53. The maximum atomic E-state index is 13.6. The molecule has 2 bridgehead atoms. The van der Waals surface area contributed by atoms with E-state index in [2.05, 4.69) is 56.5 Å². The molecule has 1 aromatic rings. The minimum atomic E-state index is -0.483. The third-order valence-corrected chi connectivity index (χ3v) is 7.83. The van der Waals surface area contributed by atoms with Crippen molar-refractivity contribution in [2.24, 2.45) is 11.3 Å². The molecule has 31 heavy (non-hydrogen) atoms. The van der Waals surface area contributed by atoms with Crippen molar-refractivity contribution in [2.75, 3.05) is 6.54 Å². The van der Waals surface area contributed by atoms with Crippen LogP contribution in [0.5, 0.6) is 0 Å². The highest BCUT2D eigenvalue weighted by atomic mass is 16.3. The van der Waals surface area contributed by atoms with Crippen LogP contribution < -0.4 is 0 Å². The third kappa shape index (κ3) is 4.43. The van der Waals surface area contributed by atoms with Gasteiger partial charge in [-0.15, -0.1) is 0 Å². The van der Waals surface area contributed by atoms with Gasteiger partial charge in [-0.1, -0.05) is 68.0 Å². The van der Waals surface area contributed by atoms with E-state index in [0.29, 0.717) is 12.3 Å². The fraction of sp³-hybridized carbons (Fsp3) is 0.536. The first-order chi connectivity index (χ1) is 14.8. The highest BCUT2D eigenvalue weighted by molar-refractivity contribution is 5.98. The molecule has 0 saturated carbocycles. The van der Waals surface area contributed by atoms with Gasteiger partial charge in [-0.2, -0.15) is 0 Å². The molecular formula is C28H37NO2. The highest BCUT2D eigenvalue weighted by Gasteiger charge is 2.49. The standard InChI is InChI=1S/C28H37NO2/c1-19-10-11-22-12-13-24-26(28(22,3)4)25(18-20(2)17-23(30)16-19)29(27(24)31)15-14-21-8-6-5-7-9-21/h5-9,17,22-23,25,30H,1,10-16,18H2,2-4H3/t22-,23+,25-/m1/s1. The van der Waals surface area contributed by atoms with Gasteiger partial charge in [0.15, 0.2) is 0 Å². The molecule has 3 heteroatoms. The summed E-state index contributed by atoms with van der Waals surface area (Å²) in [5.74, 6) is 0.795. The lowest BCUT2D eigenvalue weighted by Crippen LogP contribution is -2.41. The van der Waals surface area contributed by atoms with E-state index in [1.54, 1.807) is 0 Å². The Morgan fingerprint density at radius 1 is 1.13 bits per heavy atom. The number of amides is 1. The van der Waals surface area contributed by atoms with Gasteiger partial charge in [-0.25, -0.2) is 0 Å². The van der Waals surface area contributed by atoms with Crippen molar-refractivity contribution in [1.29, 1.82) is 0 Å². The van der Waals surface area contributed by atoms with Crippen molar-refractivity contribution in [3.63, 3.8) is 0 Å². The molecular weight excluding hydrogens is 382 g/mol. The number of aliphatic hydroxyl groups is 1. The van der Waals surface area contributed by atoms with Crippen molar-refractivity contribution >= 4 is 5.91 Å². The fourth-order valence-corrected chi connectivity index (χ4v) is 6.15. The third-order valence-electron chi connectivity index (χ3n) is 7.83. The molecule has 0 saturated heterocycles. The number of carbonyl (C=O) groups excluding carboxylic acids is 1. The Morgan fingerprint density at radius 2 is 1.84 bits per heavy atom. The Hall–Kier alpha value is -2.13. The van der Waals surface area contributed by atoms with Gasteiger partial charge in [0.1, 0.15) is 0 Å². The summed E-state index contributed by atoms with van der Waals surface area (Å²) in [6.07, 6.45) is 7.83. The lowest BCUT2D eigenvalue weighted by Gasteiger charge is -2.43. The SMILES string of the molecule is C=C1CC[C@@H]2CCC3=C([C@@H](CC(C)=C[C@@H](O)C1)N(CCc1ccccc1)C3=O)C2(C)C. The molecule has 3 atom stereocenters. The Labute approximate surface area is 187 Å². The van der Waals surface area contributed by atoms with Crippen LogP contribution in [0.2, 0.25) is 0 Å². The minimum absolute atomic E-state index is 0.00772. The van der Waals surface area contributed by atoms with Gasteiger partial charge >= 0.3 is 0 Å². The summed E-state index contributed by atoms with van der Waals surface area (Å²) in [6, 6.07) is 10.6. The van der Waals surface area contributed by atoms with E-state index in [1.807, 2.05) is 12.1 Å². The molecule has 3 aliphatic rings. The monoisotopic (exact) mass is 419 g/mol. The van der Waals surface area contributed by atoms with Crippen LogP contribution in [0.3, 0.4) is 0 Å². The van der Waals surface area contributed by atoms with Gasteiger partial charge in [-0.05, 0) is 74.3 Å². The molecule has 0 radical (unpaired) electrons. The Balaban J connectivity index is 1.69. The summed E-state index contributed by atoms with van der Waals surface area (Å²) in [7, 11) is 0. The summed E-state index contributed by atoms with van der Waals surface area (Å²) in [5.41, 5.74) is 6.02. The first kappa shape index (κ1) is 22.1. The summed E-state index contributed by atoms with van der Waals surface area (Å²) in [5, 5.41) is 10.5. The number of nitrogens with zero attached hydrogens (tertiary/aromatic N) is 1. The average molecular weight is 420 g/mol. The van der Waals surface area contributed by atoms with E-state index in [4.69, 9.17) is 0 Å². The maximum Gasteiger partial charge on any atom is 0.250 e. The van der Waals surface area contributed by atoms with Crippen LogP contribution in [0.4, 0.5) is 0 Å². The molecule has 0 unspecified atom stereocenters. The number of fused-ring (bicyclic) bond motifs is 1. The van der Waals surface area contributed by atoms with Crippen molar-refractivity contribution in [1.82, 2.24) is 4.90 Å². The number of hydrogen-bond acceptors (Lipinski definition) is 2. The minimum Gasteiger partial charge on any atom is -0.389 e. The zero-order valence-electron chi connectivity index (χ0n) is 19.4. The van der Waals surface area contributed by atoms with E-state index in [-0.39, 0.29) is 17.4 Å². The molecule has 1 heterocycles. The molecule has 166 valence electrons. The second-order valence-corrected chi connectivity index (χ2v) is 10.4. The molecule has 1 aromatic carbocycles. The summed E-state index contributed by atoms with van der Waals surface area (Å²) >= 11 is 0. The van der Waals surface area contributed by atoms with Gasteiger partial charge in [-0.3, -0.25) is 4.79 Å². The van der Waals surface area contributed by atoms with E-state index >= 15 is 0 Å². The maximum absolute atomic E-state index is 13.6. The lowest BCUT2D eigenvalue weighted by molar-refractivity contribution is -0.127. The molecule has 1 N–H and O–H groups in total. The van der Waals surface area contributed by atoms with Crippen molar-refractivity contribution in [2.45, 2.75) is 77.9 Å². The number of benzene rings is 1. The first-order valence-corrected chi connectivity index (χ1v) is 11.9. The van der Waals surface area contributed by atoms with Crippen LogP contribution in [0.1, 0.15) is 64.9 Å². The topological polar surface area (TPSA) is 40.5 Å². The predicted molar refractivity (Wildman–Crippen MR) is 127 cm³/mol. The molecule has 0 spiro atoms. The summed E-state index contributed by atoms with van der Waals surface area (Å²) < 4.78 is 0. The van der Waals surface area contributed by atoms with Gasteiger partial charge in [0.05, 0.1) is 12.1 Å². The van der Waals surface area contributed by atoms with E-state index in [0.717, 1.165) is 61.8 Å². The van der Waals surface area contributed by atoms with E-state index in [9.17, 15) is 9.90 Å². The zero-order valence-corrected chi connectivity index (χ0v) is 19.4. The van der Waals surface area contributed by atoms with Crippen molar-refractivity contribution in [3.05, 3.63) is 70.8 Å². The van der Waals surface area contributed by atoms with E-state index in [1.165, 1.54) is 11.1 Å². The molecule has 0 aromatic heterocycles. The zero-order chi connectivity index (χ0) is 22.2. The average Bonchev–Trinajstić information content (AvgIpc) is 2.97. The predicted octanol–water partition coefficient (Wildman–Crippen LogP) is 5.61. The van der Waals surface area contributed by atoms with Crippen LogP contribution >= 0.6 is 0 Å². The first-order valence-electron chi connectivity index (χ1n) is 11.9. The molecule has 0 fully saturated rings. The smallest absolute Gasteiger partial charge is 0.250 e. The van der Waals surface area contributed by atoms with Gasteiger partial charge < -0.3 is 10.0 Å². The lowest BCUT2D eigenvalue weighted by atomic mass is 9.62. The molecule has 4 rings (SSSR count). The normalized spacial score (nSPS) is 28.8. The van der Waals surface area contributed by atoms with Gasteiger partial charge in [0.2, 0.25) is 5.91 Å². The molecule has 1 aliphatic heterocycles. The Morgan fingerprint density at radius 3 is 2.58 bits per heavy atom. The number of aliphatic hydroxyl groups excluding tert-OH is 1. The molecule has 3 nitrogen and oxygen atoms in total. The second-order valence-electron chi connectivity index (χ2n) is 10.4. The largest absolute Gasteiger partial charge is 0.389 e. The Bertz CT molecular complexity index is 908. The van der Waals surface area contributed by atoms with Crippen LogP contribution in [0.15, 0.2) is 65.3 Å². The van der Waals surface area contributed by atoms with Crippen molar-refractivity contribution < 1.29 is 9.90 Å². The van der Waals surface area contributed by atoms with Gasteiger partial charge in [0.25, 0.3) is 0 Å². The van der Waals surface area contributed by atoms with Crippen LogP contribution in [-0.2, 0) is 11.2 Å². The molecule has 2 aliphatic carbocycles. The number of hydrogen-bond donors (Lipinski definition) is 1. The molecule has 1 amide bonds. The number of carbonyl (C=O) groups is 1. The summed E-state index contributed by atoms with van der Waals surface area (Å²) in [4.78, 5) is 15.7. The van der Waals surface area contributed by atoms with E-state index < -0.39 is 6.10 Å². The second kappa shape index (κ2) is 8.78. The van der Waals surface area contributed by atoms with Crippen LogP contribution in [-0.4, -0.2) is 34.6 Å². The quantitative estimate of drug-likeness (QED) is 0.647. The van der Waals surface area contributed by atoms with Crippen LogP contribution in [0, 0.1) is 11.3 Å². The Kier molecular flexibility index (Phi) is 6.25. The number of rotatable bonds is 3. The van der Waals surface area contributed by atoms with Gasteiger partial charge in [0, 0.05) is 12.1 Å². The summed E-state index contributed by atoms with van der Waals surface area (Å²) in [6.45, 7) is 11.8. The van der Waals surface area contributed by atoms with Crippen LogP contribution in [0.25, 0.3) is 0 Å². The van der Waals surface area contributed by atoms with Crippen molar-refractivity contribution in [3.8, 4) is 0 Å². The fourth-order valence-electron chi connectivity index (χ4n) is 6.15.